The predicted octanol–water partition coefficient (Wildman–Crippen LogP) is 8.51. The number of carbonyl (C=O) groups is 1. The van der Waals surface area contributed by atoms with Crippen LogP contribution in [0.4, 0.5) is 32.0 Å². The average molecular weight is 792 g/mol. The first-order valence-corrected chi connectivity index (χ1v) is 16.3. The lowest BCUT2D eigenvalue weighted by molar-refractivity contribution is -0.143. The minimum atomic E-state index is -5.06. The SMILES string of the molecule is [N-]=[N+]=Nc1ccccc1C[C@]1(C(=O)NNCc2cc(C(F)(F)F)cc(C(F)(F)F)c2)N=C(c2ccc(OCCCO)cc2)O[C@H]1c1ccccc1Br. The van der Waals surface area contributed by atoms with Crippen LogP contribution in [-0.4, -0.2) is 35.7 Å². The number of hydrogen-bond acceptors (Lipinski definition) is 7. The van der Waals surface area contributed by atoms with Gasteiger partial charge in [-0.05, 0) is 65.2 Å². The first-order chi connectivity index (χ1) is 24.7. The van der Waals surface area contributed by atoms with Gasteiger partial charge in [-0.1, -0.05) is 63.5 Å². The van der Waals surface area contributed by atoms with Crippen LogP contribution >= 0.6 is 15.9 Å². The van der Waals surface area contributed by atoms with Crippen molar-refractivity contribution in [2.75, 3.05) is 13.2 Å². The molecule has 1 heterocycles. The van der Waals surface area contributed by atoms with Gasteiger partial charge < -0.3 is 14.6 Å². The van der Waals surface area contributed by atoms with Crippen molar-refractivity contribution in [2.45, 2.75) is 43.4 Å². The van der Waals surface area contributed by atoms with E-state index in [4.69, 9.17) is 19.6 Å². The van der Waals surface area contributed by atoms with E-state index in [9.17, 15) is 36.7 Å². The van der Waals surface area contributed by atoms with Crippen molar-refractivity contribution >= 4 is 33.4 Å². The van der Waals surface area contributed by atoms with Gasteiger partial charge >= 0.3 is 12.4 Å². The van der Waals surface area contributed by atoms with Gasteiger partial charge in [-0.3, -0.25) is 10.2 Å². The summed E-state index contributed by atoms with van der Waals surface area (Å²) in [5.41, 5.74) is 10.3. The Bertz CT molecular complexity index is 1950. The molecule has 0 unspecified atom stereocenters. The molecular formula is C35H29BrF6N6O4. The molecule has 272 valence electrons. The van der Waals surface area contributed by atoms with E-state index in [2.05, 4.69) is 36.8 Å². The molecule has 4 aromatic rings. The summed E-state index contributed by atoms with van der Waals surface area (Å²) in [6, 6.07) is 21.0. The van der Waals surface area contributed by atoms with Crippen LogP contribution < -0.4 is 15.6 Å². The van der Waals surface area contributed by atoms with E-state index >= 15 is 0 Å². The molecule has 52 heavy (non-hydrogen) atoms. The summed E-state index contributed by atoms with van der Waals surface area (Å²) in [5.74, 6) is -0.323. The second kappa shape index (κ2) is 16.1. The number of hydrogen-bond donors (Lipinski definition) is 3. The molecule has 0 bridgehead atoms. The summed E-state index contributed by atoms with van der Waals surface area (Å²) < 4.78 is 93.6. The van der Waals surface area contributed by atoms with Gasteiger partial charge in [0.1, 0.15) is 5.75 Å². The maximum absolute atomic E-state index is 14.5. The molecule has 0 aromatic heterocycles. The highest BCUT2D eigenvalue weighted by Gasteiger charge is 2.54. The summed E-state index contributed by atoms with van der Waals surface area (Å²) in [6.45, 7) is -0.398. The third kappa shape index (κ3) is 8.85. The largest absolute Gasteiger partial charge is 0.494 e. The maximum Gasteiger partial charge on any atom is 0.416 e. The summed E-state index contributed by atoms with van der Waals surface area (Å²) in [6.07, 6.45) is -11.1. The van der Waals surface area contributed by atoms with Gasteiger partial charge in [0.25, 0.3) is 5.91 Å². The molecule has 2 atom stereocenters. The van der Waals surface area contributed by atoms with Gasteiger partial charge in [-0.2, -0.15) is 26.3 Å². The molecule has 0 spiro atoms. The van der Waals surface area contributed by atoms with E-state index < -0.39 is 53.1 Å². The minimum Gasteiger partial charge on any atom is -0.494 e. The van der Waals surface area contributed by atoms with Crippen molar-refractivity contribution < 1.29 is 45.7 Å². The Hall–Kier alpha value is -5.09. The lowest BCUT2D eigenvalue weighted by Gasteiger charge is -2.31. The summed E-state index contributed by atoms with van der Waals surface area (Å²) in [4.78, 5) is 22.2. The van der Waals surface area contributed by atoms with E-state index in [1.54, 1.807) is 66.7 Å². The number of ether oxygens (including phenoxy) is 2. The van der Waals surface area contributed by atoms with Gasteiger partial charge in [0.2, 0.25) is 5.90 Å². The molecule has 0 fully saturated rings. The van der Waals surface area contributed by atoms with Gasteiger partial charge in [-0.15, -0.1) is 0 Å². The number of aliphatic hydroxyl groups is 1. The Morgan fingerprint density at radius 2 is 1.63 bits per heavy atom. The second-order valence-electron chi connectivity index (χ2n) is 11.5. The topological polar surface area (TPSA) is 141 Å². The van der Waals surface area contributed by atoms with Gasteiger partial charge in [0.15, 0.2) is 11.6 Å². The van der Waals surface area contributed by atoms with Crippen molar-refractivity contribution in [3.8, 4) is 5.75 Å². The number of aliphatic hydroxyl groups excluding tert-OH is 1. The van der Waals surface area contributed by atoms with Crippen LogP contribution in [0.5, 0.6) is 5.75 Å². The number of nitrogens with one attached hydrogen (secondary N) is 2. The quantitative estimate of drug-likeness (QED) is 0.0311. The van der Waals surface area contributed by atoms with Crippen LogP contribution in [0.2, 0.25) is 0 Å². The zero-order valence-electron chi connectivity index (χ0n) is 26.9. The molecule has 0 aliphatic carbocycles. The number of halogens is 7. The van der Waals surface area contributed by atoms with Gasteiger partial charge in [0.05, 0.1) is 17.7 Å². The monoisotopic (exact) mass is 790 g/mol. The molecule has 4 aromatic carbocycles. The number of nitrogens with zero attached hydrogens (tertiary/aromatic N) is 4. The van der Waals surface area contributed by atoms with Crippen molar-refractivity contribution in [3.05, 3.63) is 139 Å². The van der Waals surface area contributed by atoms with Crippen molar-refractivity contribution in [2.24, 2.45) is 10.1 Å². The number of alkyl halides is 6. The normalized spacial score (nSPS) is 17.2. The molecule has 1 aliphatic rings. The first kappa shape index (κ1) is 38.1. The molecule has 0 radical (unpaired) electrons. The van der Waals surface area contributed by atoms with Crippen molar-refractivity contribution in [1.29, 1.82) is 0 Å². The molecule has 10 nitrogen and oxygen atoms in total. The molecular weight excluding hydrogens is 762 g/mol. The number of amides is 1. The van der Waals surface area contributed by atoms with E-state index in [0.717, 1.165) is 0 Å². The number of hydrazine groups is 1. The Morgan fingerprint density at radius 1 is 0.981 bits per heavy atom. The van der Waals surface area contributed by atoms with E-state index in [1.165, 1.54) is 6.07 Å². The first-order valence-electron chi connectivity index (χ1n) is 15.5. The third-order valence-corrected chi connectivity index (χ3v) is 8.69. The Balaban J connectivity index is 1.56. The van der Waals surface area contributed by atoms with Gasteiger partial charge in [-0.25, -0.2) is 10.4 Å². The highest BCUT2D eigenvalue weighted by Crippen LogP contribution is 2.45. The van der Waals surface area contributed by atoms with Crippen LogP contribution in [0.15, 0.2) is 106 Å². The third-order valence-electron chi connectivity index (χ3n) is 7.96. The number of benzene rings is 4. The average Bonchev–Trinajstić information content (AvgIpc) is 3.49. The molecule has 1 aliphatic heterocycles. The lowest BCUT2D eigenvalue weighted by atomic mass is 9.81. The Kier molecular flexibility index (Phi) is 11.8. The van der Waals surface area contributed by atoms with E-state index in [0.29, 0.717) is 45.5 Å². The van der Waals surface area contributed by atoms with Gasteiger partial charge in [0, 0.05) is 52.2 Å². The zero-order chi connectivity index (χ0) is 37.5. The standard InChI is InChI=1S/C35H29BrF6N6O4/c36-28-8-3-2-7-27(28)30-33(19-23-6-1-4-9-29(23)46-48-43,45-31(52-30)22-10-12-26(13-11-22)51-15-5-14-49)32(50)47-44-20-21-16-24(34(37,38)39)18-25(17-21)35(40,41)42/h1-4,6-13,16-18,30,44,49H,5,14-15,19-20H2,(H,47,50)/t30-,33-/m0/s1. The van der Waals surface area contributed by atoms with Crippen LogP contribution in [0.3, 0.4) is 0 Å². The number of azide groups is 1. The molecule has 5 rings (SSSR count). The smallest absolute Gasteiger partial charge is 0.416 e. The number of rotatable bonds is 13. The van der Waals surface area contributed by atoms with Crippen molar-refractivity contribution in [3.63, 3.8) is 0 Å². The molecule has 17 heteroatoms. The van der Waals surface area contributed by atoms with Crippen LogP contribution in [-0.2, 0) is 34.8 Å². The fourth-order valence-electron chi connectivity index (χ4n) is 5.50. The predicted molar refractivity (Wildman–Crippen MR) is 181 cm³/mol. The summed E-state index contributed by atoms with van der Waals surface area (Å²) in [7, 11) is 0. The number of carbonyl (C=O) groups excluding carboxylic acids is 1. The molecule has 0 saturated carbocycles. The number of aliphatic imine (C=N–C) groups is 1. The summed E-state index contributed by atoms with van der Waals surface area (Å²) >= 11 is 3.51. The van der Waals surface area contributed by atoms with E-state index in [1.807, 2.05) is 0 Å². The lowest BCUT2D eigenvalue weighted by Crippen LogP contribution is -2.53. The highest BCUT2D eigenvalue weighted by atomic mass is 79.9. The fraction of sp³-hybridized carbons (Fsp3) is 0.257. The second-order valence-corrected chi connectivity index (χ2v) is 12.4. The van der Waals surface area contributed by atoms with Crippen molar-refractivity contribution in [1.82, 2.24) is 10.9 Å². The Morgan fingerprint density at radius 3 is 2.27 bits per heavy atom. The van der Waals surface area contributed by atoms with Crippen LogP contribution in [0.25, 0.3) is 10.4 Å². The van der Waals surface area contributed by atoms with E-state index in [-0.39, 0.29) is 37.3 Å². The highest BCUT2D eigenvalue weighted by molar-refractivity contribution is 9.10. The zero-order valence-corrected chi connectivity index (χ0v) is 28.5. The Labute approximate surface area is 301 Å². The fourth-order valence-corrected chi connectivity index (χ4v) is 5.99. The molecule has 3 N–H and O–H groups in total. The summed E-state index contributed by atoms with van der Waals surface area (Å²) in [5, 5.41) is 12.8. The van der Waals surface area contributed by atoms with Crippen LogP contribution in [0.1, 0.15) is 45.9 Å². The minimum absolute atomic E-state index is 0.0143. The maximum atomic E-state index is 14.5. The van der Waals surface area contributed by atoms with Crippen LogP contribution in [0, 0.1) is 0 Å². The molecule has 0 saturated heterocycles. The molecule has 1 amide bonds.